The van der Waals surface area contributed by atoms with Crippen LogP contribution >= 0.6 is 0 Å². The van der Waals surface area contributed by atoms with Crippen molar-refractivity contribution in [1.29, 1.82) is 0 Å². The number of para-hydroxylation sites is 1. The van der Waals surface area contributed by atoms with Gasteiger partial charge in [0.25, 0.3) is 0 Å². The zero-order valence-electron chi connectivity index (χ0n) is 9.13. The summed E-state index contributed by atoms with van der Waals surface area (Å²) in [6.07, 6.45) is 1.74. The first-order valence-electron chi connectivity index (χ1n) is 5.35. The quantitative estimate of drug-likeness (QED) is 0.763. The average Bonchev–Trinajstić information content (AvgIpc) is 2.27. The Labute approximate surface area is 89.9 Å². The molecule has 0 aromatic heterocycles. The molecule has 1 aliphatic rings. The predicted molar refractivity (Wildman–Crippen MR) is 61.0 cm³/mol. The van der Waals surface area contributed by atoms with Gasteiger partial charge in [-0.3, -0.25) is 4.79 Å². The summed E-state index contributed by atoms with van der Waals surface area (Å²) in [4.78, 5) is 11.7. The molecule has 1 unspecified atom stereocenters. The summed E-state index contributed by atoms with van der Waals surface area (Å²) in [6, 6.07) is 6.11. The largest absolute Gasteiger partial charge is 0.324 e. The fourth-order valence-electron chi connectivity index (χ4n) is 2.03. The summed E-state index contributed by atoms with van der Waals surface area (Å²) >= 11 is 0. The highest BCUT2D eigenvalue weighted by Crippen LogP contribution is 2.26. The molecule has 1 aromatic carbocycles. The van der Waals surface area contributed by atoms with Gasteiger partial charge in [0.1, 0.15) is 0 Å². The summed E-state index contributed by atoms with van der Waals surface area (Å²) in [6.45, 7) is 2.10. The smallest absolute Gasteiger partial charge is 0.241 e. The molecule has 0 spiro atoms. The first-order chi connectivity index (χ1) is 7.26. The maximum Gasteiger partial charge on any atom is 0.241 e. The second-order valence-electron chi connectivity index (χ2n) is 3.84. The number of fused-ring (bicyclic) bond motifs is 1. The average molecular weight is 204 g/mol. The van der Waals surface area contributed by atoms with Crippen molar-refractivity contribution in [3.05, 3.63) is 29.3 Å². The van der Waals surface area contributed by atoms with Gasteiger partial charge in [0.2, 0.25) is 5.91 Å². The third kappa shape index (κ3) is 1.75. The molecular weight excluding hydrogens is 188 g/mol. The molecule has 1 aliphatic heterocycles. The van der Waals surface area contributed by atoms with Crippen molar-refractivity contribution in [3.63, 3.8) is 0 Å². The van der Waals surface area contributed by atoms with Gasteiger partial charge in [-0.25, -0.2) is 0 Å². The Hall–Kier alpha value is -1.35. The van der Waals surface area contributed by atoms with Crippen molar-refractivity contribution in [2.24, 2.45) is 0 Å². The van der Waals surface area contributed by atoms with Crippen LogP contribution in [-0.2, 0) is 17.6 Å². The van der Waals surface area contributed by atoms with E-state index in [1.165, 1.54) is 11.1 Å². The Kier molecular flexibility index (Phi) is 2.73. The summed E-state index contributed by atoms with van der Waals surface area (Å²) in [5, 5.41) is 6.00. The van der Waals surface area contributed by atoms with Crippen molar-refractivity contribution < 1.29 is 4.79 Å². The van der Waals surface area contributed by atoms with Crippen LogP contribution in [0.15, 0.2) is 18.2 Å². The van der Waals surface area contributed by atoms with Crippen LogP contribution in [0, 0.1) is 0 Å². The first kappa shape index (κ1) is 10.2. The van der Waals surface area contributed by atoms with Gasteiger partial charge in [-0.2, -0.15) is 0 Å². The molecule has 0 saturated carbocycles. The molecule has 2 N–H and O–H groups in total. The number of nitrogens with one attached hydrogen (secondary N) is 2. The van der Waals surface area contributed by atoms with Crippen molar-refractivity contribution in [2.45, 2.75) is 25.8 Å². The molecule has 15 heavy (non-hydrogen) atoms. The predicted octanol–water partition coefficient (Wildman–Crippen LogP) is 1.33. The minimum atomic E-state index is -0.0930. The SMILES string of the molecule is CCc1cccc2c1NC(=O)C(NC)C2. The Morgan fingerprint density at radius 2 is 2.33 bits per heavy atom. The van der Waals surface area contributed by atoms with Gasteiger partial charge >= 0.3 is 0 Å². The Bertz CT molecular complexity index is 387. The number of carbonyl (C=O) groups excluding carboxylic acids is 1. The normalized spacial score (nSPS) is 19.6. The molecule has 1 aromatic rings. The van der Waals surface area contributed by atoms with Gasteiger partial charge in [-0.05, 0) is 31.0 Å². The molecule has 3 nitrogen and oxygen atoms in total. The number of amides is 1. The van der Waals surface area contributed by atoms with Gasteiger partial charge in [0, 0.05) is 5.69 Å². The molecule has 0 saturated heterocycles. The Balaban J connectivity index is 2.39. The number of aryl methyl sites for hydroxylation is 1. The van der Waals surface area contributed by atoms with E-state index in [-0.39, 0.29) is 11.9 Å². The van der Waals surface area contributed by atoms with E-state index in [1.54, 1.807) is 0 Å². The van der Waals surface area contributed by atoms with E-state index in [2.05, 4.69) is 35.8 Å². The van der Waals surface area contributed by atoms with Crippen molar-refractivity contribution in [3.8, 4) is 0 Å². The van der Waals surface area contributed by atoms with E-state index in [0.717, 1.165) is 18.5 Å². The summed E-state index contributed by atoms with van der Waals surface area (Å²) in [5.74, 6) is 0.0749. The standard InChI is InChI=1S/C12H16N2O/c1-3-8-5-4-6-9-7-10(13-2)12(15)14-11(8)9/h4-6,10,13H,3,7H2,1-2H3,(H,14,15). The maximum absolute atomic E-state index is 11.7. The van der Waals surface area contributed by atoms with Crippen LogP contribution in [0.4, 0.5) is 5.69 Å². The molecular formula is C12H16N2O. The highest BCUT2D eigenvalue weighted by atomic mass is 16.2. The van der Waals surface area contributed by atoms with Gasteiger partial charge in [-0.15, -0.1) is 0 Å². The van der Waals surface area contributed by atoms with E-state index >= 15 is 0 Å². The highest BCUT2D eigenvalue weighted by Gasteiger charge is 2.25. The van der Waals surface area contributed by atoms with Gasteiger partial charge < -0.3 is 10.6 Å². The van der Waals surface area contributed by atoms with Crippen LogP contribution in [0.5, 0.6) is 0 Å². The van der Waals surface area contributed by atoms with Gasteiger partial charge in [0.05, 0.1) is 6.04 Å². The maximum atomic E-state index is 11.7. The molecule has 80 valence electrons. The fourth-order valence-corrected chi connectivity index (χ4v) is 2.03. The first-order valence-corrected chi connectivity index (χ1v) is 5.35. The van der Waals surface area contributed by atoms with Crippen LogP contribution in [0.1, 0.15) is 18.1 Å². The highest BCUT2D eigenvalue weighted by molar-refractivity contribution is 5.98. The minimum Gasteiger partial charge on any atom is -0.324 e. The van der Waals surface area contributed by atoms with E-state index in [1.807, 2.05) is 7.05 Å². The fraction of sp³-hybridized carbons (Fsp3) is 0.417. The monoisotopic (exact) mass is 204 g/mol. The van der Waals surface area contributed by atoms with Crippen LogP contribution < -0.4 is 10.6 Å². The topological polar surface area (TPSA) is 41.1 Å². The molecule has 0 radical (unpaired) electrons. The number of carbonyl (C=O) groups is 1. The number of hydrogen-bond acceptors (Lipinski definition) is 2. The molecule has 2 rings (SSSR count). The van der Waals surface area contributed by atoms with Crippen LogP contribution in [0.25, 0.3) is 0 Å². The van der Waals surface area contributed by atoms with Gasteiger partial charge in [-0.1, -0.05) is 25.1 Å². The van der Waals surface area contributed by atoms with Crippen molar-refractivity contribution >= 4 is 11.6 Å². The van der Waals surface area contributed by atoms with Crippen molar-refractivity contribution in [2.75, 3.05) is 12.4 Å². The van der Waals surface area contributed by atoms with E-state index in [0.29, 0.717) is 0 Å². The minimum absolute atomic E-state index is 0.0749. The van der Waals surface area contributed by atoms with Crippen LogP contribution in [-0.4, -0.2) is 19.0 Å². The molecule has 1 amide bonds. The van der Waals surface area contributed by atoms with Crippen LogP contribution in [0.3, 0.4) is 0 Å². The molecule has 3 heteroatoms. The van der Waals surface area contributed by atoms with E-state index < -0.39 is 0 Å². The van der Waals surface area contributed by atoms with Crippen molar-refractivity contribution in [1.82, 2.24) is 5.32 Å². The zero-order valence-corrected chi connectivity index (χ0v) is 9.13. The second-order valence-corrected chi connectivity index (χ2v) is 3.84. The van der Waals surface area contributed by atoms with Crippen LogP contribution in [0.2, 0.25) is 0 Å². The Morgan fingerprint density at radius 1 is 1.53 bits per heavy atom. The third-order valence-electron chi connectivity index (χ3n) is 2.96. The lowest BCUT2D eigenvalue weighted by molar-refractivity contribution is -0.118. The number of anilines is 1. The van der Waals surface area contributed by atoms with Gasteiger partial charge in [0.15, 0.2) is 0 Å². The molecule has 1 heterocycles. The molecule has 0 bridgehead atoms. The second kappa shape index (κ2) is 4.03. The number of rotatable bonds is 2. The molecule has 0 aliphatic carbocycles. The lowest BCUT2D eigenvalue weighted by Crippen LogP contribution is -2.43. The number of likely N-dealkylation sites (N-methyl/N-ethyl adjacent to an activating group) is 1. The number of benzene rings is 1. The lowest BCUT2D eigenvalue weighted by atomic mass is 9.95. The Morgan fingerprint density at radius 3 is 3.00 bits per heavy atom. The zero-order chi connectivity index (χ0) is 10.8. The third-order valence-corrected chi connectivity index (χ3v) is 2.96. The van der Waals surface area contributed by atoms with E-state index in [4.69, 9.17) is 0 Å². The molecule has 1 atom stereocenters. The summed E-state index contributed by atoms with van der Waals surface area (Å²) in [7, 11) is 1.82. The van der Waals surface area contributed by atoms with E-state index in [9.17, 15) is 4.79 Å². The molecule has 0 fully saturated rings. The summed E-state index contributed by atoms with van der Waals surface area (Å²) in [5.41, 5.74) is 3.47. The summed E-state index contributed by atoms with van der Waals surface area (Å²) < 4.78 is 0. The lowest BCUT2D eigenvalue weighted by Gasteiger charge is -2.25. The number of hydrogen-bond donors (Lipinski definition) is 2.